The van der Waals surface area contributed by atoms with Gasteiger partial charge >= 0.3 is 0 Å². The highest BCUT2D eigenvalue weighted by Crippen LogP contribution is 2.28. The van der Waals surface area contributed by atoms with E-state index in [4.69, 9.17) is 4.42 Å². The molecule has 1 aromatic carbocycles. The van der Waals surface area contributed by atoms with Gasteiger partial charge in [0.1, 0.15) is 11.3 Å². The lowest BCUT2D eigenvalue weighted by Crippen LogP contribution is -2.28. The lowest BCUT2D eigenvalue weighted by molar-refractivity contribution is -0.117. The van der Waals surface area contributed by atoms with Crippen LogP contribution in [0.1, 0.15) is 19.3 Å². The Kier molecular flexibility index (Phi) is 4.28. The molecule has 3 aromatic rings. The monoisotopic (exact) mass is 373 g/mol. The molecular formula is C18H19N3O4S. The van der Waals surface area contributed by atoms with Crippen molar-refractivity contribution in [1.82, 2.24) is 10.2 Å². The number of H-pyrrole nitrogens is 1. The Balaban J connectivity index is 1.42. The number of nitrogens with one attached hydrogen (secondary N) is 2. The molecule has 1 atom stereocenters. The molecule has 1 aliphatic heterocycles. The normalized spacial score (nSPS) is 19.5. The fraction of sp³-hybridized carbons (Fsp3) is 0.333. The van der Waals surface area contributed by atoms with E-state index in [2.05, 4.69) is 15.5 Å². The molecule has 0 spiro atoms. The average molecular weight is 373 g/mol. The van der Waals surface area contributed by atoms with Gasteiger partial charge in [-0.2, -0.15) is 5.10 Å². The number of nitrogens with zero attached hydrogens (tertiary/aromatic N) is 1. The number of aromatic nitrogens is 2. The van der Waals surface area contributed by atoms with Crippen LogP contribution in [-0.4, -0.2) is 36.0 Å². The Labute approximate surface area is 150 Å². The second-order valence-electron chi connectivity index (χ2n) is 6.69. The average Bonchev–Trinajstić information content (AvgIpc) is 3.19. The Morgan fingerprint density at radius 1 is 1.31 bits per heavy atom. The van der Waals surface area contributed by atoms with Gasteiger partial charge in [-0.1, -0.05) is 18.2 Å². The van der Waals surface area contributed by atoms with Crippen molar-refractivity contribution < 1.29 is 17.6 Å². The van der Waals surface area contributed by atoms with Gasteiger partial charge in [0.05, 0.1) is 11.5 Å². The number of carbonyl (C=O) groups excluding carboxylic acids is 1. The van der Waals surface area contributed by atoms with Crippen molar-refractivity contribution >= 4 is 32.5 Å². The first-order valence-electron chi connectivity index (χ1n) is 8.53. The third-order valence-electron chi connectivity index (χ3n) is 4.57. The molecule has 1 aliphatic rings. The van der Waals surface area contributed by atoms with Crippen LogP contribution < -0.4 is 5.32 Å². The van der Waals surface area contributed by atoms with Crippen LogP contribution in [0.15, 0.2) is 40.8 Å². The summed E-state index contributed by atoms with van der Waals surface area (Å²) >= 11 is 0. The maximum absolute atomic E-state index is 12.2. The summed E-state index contributed by atoms with van der Waals surface area (Å²) < 4.78 is 29.1. The van der Waals surface area contributed by atoms with Crippen LogP contribution in [-0.2, 0) is 14.6 Å². The number of anilines is 1. The van der Waals surface area contributed by atoms with Crippen LogP contribution in [0.5, 0.6) is 0 Å². The Bertz CT molecular complexity index is 1020. The number of para-hydroxylation sites is 1. The van der Waals surface area contributed by atoms with Crippen molar-refractivity contribution in [3.63, 3.8) is 0 Å². The van der Waals surface area contributed by atoms with E-state index in [1.54, 1.807) is 6.07 Å². The van der Waals surface area contributed by atoms with E-state index in [1.807, 2.05) is 30.3 Å². The second kappa shape index (κ2) is 6.60. The van der Waals surface area contributed by atoms with Gasteiger partial charge in [0, 0.05) is 17.9 Å². The Morgan fingerprint density at radius 3 is 2.96 bits per heavy atom. The summed E-state index contributed by atoms with van der Waals surface area (Å²) in [5.74, 6) is 0.996. The third kappa shape index (κ3) is 3.65. The van der Waals surface area contributed by atoms with Crippen LogP contribution in [0.3, 0.4) is 0 Å². The van der Waals surface area contributed by atoms with Gasteiger partial charge in [-0.05, 0) is 30.9 Å². The van der Waals surface area contributed by atoms with E-state index in [-0.39, 0.29) is 29.8 Å². The molecule has 3 heterocycles. The topological polar surface area (TPSA) is 105 Å². The van der Waals surface area contributed by atoms with E-state index >= 15 is 0 Å². The Hall–Kier alpha value is -2.61. The first kappa shape index (κ1) is 16.8. The van der Waals surface area contributed by atoms with Crippen molar-refractivity contribution in [2.75, 3.05) is 16.8 Å². The van der Waals surface area contributed by atoms with Crippen molar-refractivity contribution in [3.05, 3.63) is 36.4 Å². The number of amides is 1. The van der Waals surface area contributed by atoms with Crippen LogP contribution >= 0.6 is 0 Å². The van der Waals surface area contributed by atoms with Crippen LogP contribution in [0.25, 0.3) is 22.4 Å². The molecule has 1 fully saturated rings. The minimum atomic E-state index is -3.01. The predicted molar refractivity (Wildman–Crippen MR) is 98.4 cm³/mol. The summed E-state index contributed by atoms with van der Waals surface area (Å²) in [5, 5.41) is 10.6. The molecule has 1 unspecified atom stereocenters. The maximum Gasteiger partial charge on any atom is 0.225 e. The minimum absolute atomic E-state index is 0.0885. The highest BCUT2D eigenvalue weighted by atomic mass is 32.2. The lowest BCUT2D eigenvalue weighted by Gasteiger charge is -2.20. The summed E-state index contributed by atoms with van der Waals surface area (Å²) in [7, 11) is -3.01. The number of benzene rings is 1. The molecule has 1 saturated heterocycles. The first-order valence-corrected chi connectivity index (χ1v) is 10.4. The quantitative estimate of drug-likeness (QED) is 0.731. The molecular weight excluding hydrogens is 354 g/mol. The SMILES string of the molecule is O=C(CC1CCCS(=O)(=O)C1)Nc1cc(-c2cc3ccccc3o2)[nH]n1. The molecule has 4 rings (SSSR count). The number of sulfone groups is 1. The van der Waals surface area contributed by atoms with Crippen molar-refractivity contribution in [3.8, 4) is 11.5 Å². The molecule has 0 saturated carbocycles. The largest absolute Gasteiger partial charge is 0.454 e. The number of aromatic amines is 1. The molecule has 26 heavy (non-hydrogen) atoms. The number of rotatable bonds is 4. The molecule has 0 bridgehead atoms. The summed E-state index contributed by atoms with van der Waals surface area (Å²) in [4.78, 5) is 12.2. The molecule has 8 heteroatoms. The number of hydrogen-bond acceptors (Lipinski definition) is 5. The highest BCUT2D eigenvalue weighted by molar-refractivity contribution is 7.91. The summed E-state index contributed by atoms with van der Waals surface area (Å²) in [5.41, 5.74) is 1.44. The smallest absolute Gasteiger partial charge is 0.225 e. The van der Waals surface area contributed by atoms with Crippen LogP contribution in [0.4, 0.5) is 5.82 Å². The zero-order valence-corrected chi connectivity index (χ0v) is 14.9. The van der Waals surface area contributed by atoms with E-state index in [1.165, 1.54) is 0 Å². The van der Waals surface area contributed by atoms with Gasteiger partial charge in [0.2, 0.25) is 5.91 Å². The van der Waals surface area contributed by atoms with Gasteiger partial charge in [-0.3, -0.25) is 9.89 Å². The van der Waals surface area contributed by atoms with Crippen LogP contribution in [0, 0.1) is 5.92 Å². The number of fused-ring (bicyclic) bond motifs is 1. The predicted octanol–water partition coefficient (Wildman–Crippen LogP) is 2.98. The van der Waals surface area contributed by atoms with Crippen molar-refractivity contribution in [1.29, 1.82) is 0 Å². The summed E-state index contributed by atoms with van der Waals surface area (Å²) in [6, 6.07) is 11.3. The zero-order valence-electron chi connectivity index (χ0n) is 14.1. The highest BCUT2D eigenvalue weighted by Gasteiger charge is 2.26. The fourth-order valence-corrected chi connectivity index (χ4v) is 5.14. The molecule has 0 radical (unpaired) electrons. The molecule has 2 N–H and O–H groups in total. The Morgan fingerprint density at radius 2 is 2.15 bits per heavy atom. The van der Waals surface area contributed by atoms with Crippen molar-refractivity contribution in [2.45, 2.75) is 19.3 Å². The fourth-order valence-electron chi connectivity index (χ4n) is 3.36. The van der Waals surface area contributed by atoms with E-state index in [0.717, 1.165) is 17.4 Å². The van der Waals surface area contributed by atoms with Gasteiger partial charge in [0.15, 0.2) is 21.4 Å². The minimum Gasteiger partial charge on any atom is -0.454 e. The van der Waals surface area contributed by atoms with Gasteiger partial charge in [-0.25, -0.2) is 8.42 Å². The number of furan rings is 1. The van der Waals surface area contributed by atoms with E-state index < -0.39 is 9.84 Å². The molecule has 0 aliphatic carbocycles. The molecule has 7 nitrogen and oxygen atoms in total. The van der Waals surface area contributed by atoms with Gasteiger partial charge < -0.3 is 9.73 Å². The van der Waals surface area contributed by atoms with E-state index in [9.17, 15) is 13.2 Å². The number of hydrogen-bond donors (Lipinski definition) is 2. The van der Waals surface area contributed by atoms with Gasteiger partial charge in [-0.15, -0.1) is 0 Å². The number of carbonyl (C=O) groups is 1. The molecule has 136 valence electrons. The standard InChI is InChI=1S/C18H19N3O4S/c22-18(8-12-4-3-7-26(23,24)11-12)19-17-10-14(20-21-17)16-9-13-5-1-2-6-15(13)25-16/h1-2,5-6,9-10,12H,3-4,7-8,11H2,(H2,19,20,21,22). The van der Waals surface area contributed by atoms with Crippen LogP contribution in [0.2, 0.25) is 0 Å². The molecule has 2 aromatic heterocycles. The van der Waals surface area contributed by atoms with Crippen molar-refractivity contribution in [2.24, 2.45) is 5.92 Å². The first-order chi connectivity index (χ1) is 12.5. The maximum atomic E-state index is 12.2. The molecule has 1 amide bonds. The summed E-state index contributed by atoms with van der Waals surface area (Å²) in [6.45, 7) is 0. The zero-order chi connectivity index (χ0) is 18.1. The lowest BCUT2D eigenvalue weighted by atomic mass is 10.0. The van der Waals surface area contributed by atoms with E-state index in [0.29, 0.717) is 23.7 Å². The van der Waals surface area contributed by atoms with Gasteiger partial charge in [0.25, 0.3) is 0 Å². The second-order valence-corrected chi connectivity index (χ2v) is 8.92. The summed E-state index contributed by atoms with van der Waals surface area (Å²) in [6.07, 6.45) is 1.57. The third-order valence-corrected chi connectivity index (χ3v) is 6.46.